The highest BCUT2D eigenvalue weighted by Crippen LogP contribution is 2.54. The van der Waals surface area contributed by atoms with Gasteiger partial charge in [0.25, 0.3) is 5.91 Å². The van der Waals surface area contributed by atoms with Gasteiger partial charge in [0.2, 0.25) is 0 Å². The molecule has 4 rings (SSSR count). The minimum atomic E-state index is -3.96. The van der Waals surface area contributed by atoms with E-state index in [1.165, 1.54) is 24.3 Å². The minimum absolute atomic E-state index is 0.0123. The van der Waals surface area contributed by atoms with Crippen LogP contribution in [0.15, 0.2) is 41.3 Å². The molecule has 0 aromatic heterocycles. The van der Waals surface area contributed by atoms with E-state index in [2.05, 4.69) is 5.32 Å². The van der Waals surface area contributed by atoms with Crippen molar-refractivity contribution in [1.29, 1.82) is 0 Å². The van der Waals surface area contributed by atoms with E-state index in [9.17, 15) is 32.2 Å². The van der Waals surface area contributed by atoms with Gasteiger partial charge in [-0.15, -0.1) is 0 Å². The van der Waals surface area contributed by atoms with Gasteiger partial charge in [-0.05, 0) is 67.3 Å². The van der Waals surface area contributed by atoms with Crippen molar-refractivity contribution in [3.05, 3.63) is 58.6 Å². The van der Waals surface area contributed by atoms with Crippen LogP contribution < -0.4 is 5.32 Å². The molecule has 2 saturated carbocycles. The van der Waals surface area contributed by atoms with Crippen molar-refractivity contribution in [3.8, 4) is 0 Å². The SMILES string of the molecule is C[C@H]1CC2C[C@@H](S(=O)(=O)c3cc(C(=O)Nc4ccc(F)c(F)c4)ccc3Cl)CC1[C@]2(O)CO. The molecule has 0 heterocycles. The molecular formula is C23H24ClF2NO5S. The second-order valence-corrected chi connectivity index (χ2v) is 11.6. The summed E-state index contributed by atoms with van der Waals surface area (Å²) in [5, 5.41) is 22.2. The topological polar surface area (TPSA) is 104 Å². The zero-order valence-electron chi connectivity index (χ0n) is 17.8. The molecule has 0 radical (unpaired) electrons. The van der Waals surface area contributed by atoms with Crippen molar-refractivity contribution in [1.82, 2.24) is 0 Å². The molecule has 178 valence electrons. The molecule has 0 spiro atoms. The maximum Gasteiger partial charge on any atom is 0.255 e. The lowest BCUT2D eigenvalue weighted by atomic mass is 9.74. The fraction of sp³-hybridized carbons (Fsp3) is 0.435. The predicted octanol–water partition coefficient (Wildman–Crippen LogP) is 3.80. The zero-order chi connectivity index (χ0) is 24.1. The Morgan fingerprint density at radius 1 is 1.15 bits per heavy atom. The largest absolute Gasteiger partial charge is 0.393 e. The summed E-state index contributed by atoms with van der Waals surface area (Å²) in [7, 11) is -3.96. The molecule has 2 aromatic rings. The normalized spacial score (nSPS) is 29.2. The van der Waals surface area contributed by atoms with E-state index in [4.69, 9.17) is 11.6 Å². The highest BCUT2D eigenvalue weighted by Gasteiger charge is 2.58. The number of benzene rings is 2. The number of carbonyl (C=O) groups excluding carboxylic acids is 1. The van der Waals surface area contributed by atoms with Crippen LogP contribution in [0.1, 0.15) is 36.5 Å². The van der Waals surface area contributed by atoms with Gasteiger partial charge >= 0.3 is 0 Å². The number of hydrogen-bond acceptors (Lipinski definition) is 5. The highest BCUT2D eigenvalue weighted by molar-refractivity contribution is 7.92. The molecule has 2 aliphatic rings. The van der Waals surface area contributed by atoms with Crippen LogP contribution in [-0.2, 0) is 9.84 Å². The van der Waals surface area contributed by atoms with Crippen LogP contribution in [0.3, 0.4) is 0 Å². The van der Waals surface area contributed by atoms with Gasteiger partial charge in [-0.25, -0.2) is 17.2 Å². The summed E-state index contributed by atoms with van der Waals surface area (Å²) in [6, 6.07) is 6.69. The van der Waals surface area contributed by atoms with E-state index in [1.54, 1.807) is 0 Å². The number of fused-ring (bicyclic) bond motifs is 2. The van der Waals surface area contributed by atoms with E-state index in [0.29, 0.717) is 6.42 Å². The zero-order valence-corrected chi connectivity index (χ0v) is 19.3. The van der Waals surface area contributed by atoms with Crippen LogP contribution in [-0.4, -0.2) is 42.0 Å². The summed E-state index contributed by atoms with van der Waals surface area (Å²) in [4.78, 5) is 12.4. The van der Waals surface area contributed by atoms with Gasteiger partial charge in [0.15, 0.2) is 21.5 Å². The van der Waals surface area contributed by atoms with Crippen molar-refractivity contribution >= 4 is 33.0 Å². The third-order valence-electron chi connectivity index (χ3n) is 7.13. The Labute approximate surface area is 195 Å². The molecule has 10 heteroatoms. The Kier molecular flexibility index (Phi) is 6.28. The number of rotatable bonds is 5. The molecule has 2 fully saturated rings. The molecule has 3 N–H and O–H groups in total. The van der Waals surface area contributed by atoms with Crippen molar-refractivity contribution in [2.24, 2.45) is 17.8 Å². The van der Waals surface area contributed by atoms with Crippen molar-refractivity contribution in [2.75, 3.05) is 11.9 Å². The number of halogens is 3. The number of nitrogens with one attached hydrogen (secondary N) is 1. The number of sulfone groups is 1. The van der Waals surface area contributed by atoms with E-state index >= 15 is 0 Å². The maximum atomic E-state index is 13.5. The van der Waals surface area contributed by atoms with Crippen LogP contribution in [0.4, 0.5) is 14.5 Å². The Hall–Kier alpha value is -2.07. The summed E-state index contributed by atoms with van der Waals surface area (Å²) in [5.74, 6) is -3.54. The standard InChI is InChI=1S/C23H24ClF2NO5S/c1-12-6-14-8-16(10-17(12)23(14,30)11-28)33(31,32)21-7-13(2-4-18(21)24)22(29)27-15-3-5-19(25)20(26)9-15/h2-5,7,9,12,14,16-17,28,30H,6,8,10-11H2,1H3,(H,27,29)/t12-,14?,16+,17?,23-/m0/s1. The molecule has 2 bridgehead atoms. The Balaban J connectivity index is 1.61. The monoisotopic (exact) mass is 499 g/mol. The van der Waals surface area contributed by atoms with Gasteiger partial charge in [0.1, 0.15) is 0 Å². The Morgan fingerprint density at radius 3 is 2.52 bits per heavy atom. The van der Waals surface area contributed by atoms with Gasteiger partial charge in [-0.3, -0.25) is 4.79 Å². The van der Waals surface area contributed by atoms with Crippen molar-refractivity contribution in [3.63, 3.8) is 0 Å². The first-order valence-corrected chi connectivity index (χ1v) is 12.5. The molecule has 2 aromatic carbocycles. The van der Waals surface area contributed by atoms with Gasteiger partial charge in [0, 0.05) is 17.3 Å². The minimum Gasteiger partial charge on any atom is -0.393 e. The van der Waals surface area contributed by atoms with Crippen molar-refractivity contribution < 1.29 is 32.2 Å². The second kappa shape index (κ2) is 8.61. The lowest BCUT2D eigenvalue weighted by Gasteiger charge is -2.41. The number of aliphatic hydroxyl groups excluding tert-OH is 1. The number of amides is 1. The summed E-state index contributed by atoms with van der Waals surface area (Å²) < 4.78 is 53.5. The average molecular weight is 500 g/mol. The third-order valence-corrected chi connectivity index (χ3v) is 9.78. The maximum absolute atomic E-state index is 13.5. The molecule has 5 atom stereocenters. The summed E-state index contributed by atoms with van der Waals surface area (Å²) in [6.07, 6.45) is 0.985. The fourth-order valence-electron chi connectivity index (χ4n) is 5.37. The van der Waals surface area contributed by atoms with Crippen LogP contribution in [0.2, 0.25) is 5.02 Å². The smallest absolute Gasteiger partial charge is 0.255 e. The van der Waals surface area contributed by atoms with Crippen LogP contribution >= 0.6 is 11.6 Å². The van der Waals surface area contributed by atoms with Crippen molar-refractivity contribution in [2.45, 2.75) is 41.9 Å². The Morgan fingerprint density at radius 2 is 1.88 bits per heavy atom. The number of anilines is 1. The lowest BCUT2D eigenvalue weighted by molar-refractivity contribution is -0.0985. The lowest BCUT2D eigenvalue weighted by Crippen LogP contribution is -2.51. The molecule has 0 aliphatic heterocycles. The van der Waals surface area contributed by atoms with Gasteiger partial charge in [-0.1, -0.05) is 18.5 Å². The quantitative estimate of drug-likeness (QED) is 0.580. The fourth-order valence-corrected chi connectivity index (χ4v) is 7.74. The predicted molar refractivity (Wildman–Crippen MR) is 119 cm³/mol. The van der Waals surface area contributed by atoms with Gasteiger partial charge in [-0.2, -0.15) is 0 Å². The van der Waals surface area contributed by atoms with Gasteiger partial charge < -0.3 is 15.5 Å². The molecule has 2 unspecified atom stereocenters. The van der Waals surface area contributed by atoms with E-state index in [-0.39, 0.29) is 51.8 Å². The molecule has 2 aliphatic carbocycles. The first-order chi connectivity index (χ1) is 15.5. The van der Waals surface area contributed by atoms with E-state index in [1.807, 2.05) is 6.92 Å². The van der Waals surface area contributed by atoms with E-state index in [0.717, 1.165) is 12.1 Å². The first kappa shape index (κ1) is 24.1. The number of aliphatic hydroxyl groups is 2. The number of carbonyl (C=O) groups is 1. The van der Waals surface area contributed by atoms with Crippen LogP contribution in [0.25, 0.3) is 0 Å². The number of hydrogen-bond donors (Lipinski definition) is 3. The Bertz CT molecular complexity index is 1210. The molecule has 0 saturated heterocycles. The molecule has 6 nitrogen and oxygen atoms in total. The second-order valence-electron chi connectivity index (χ2n) is 9.03. The third kappa shape index (κ3) is 4.16. The highest BCUT2D eigenvalue weighted by atomic mass is 35.5. The first-order valence-electron chi connectivity index (χ1n) is 10.6. The van der Waals surface area contributed by atoms with Gasteiger partial charge in [0.05, 0.1) is 27.4 Å². The summed E-state index contributed by atoms with van der Waals surface area (Å²) >= 11 is 6.21. The molecule has 33 heavy (non-hydrogen) atoms. The van der Waals surface area contributed by atoms with E-state index < -0.39 is 44.8 Å². The van der Waals surface area contributed by atoms with Crippen LogP contribution in [0, 0.1) is 29.4 Å². The summed E-state index contributed by atoms with van der Waals surface area (Å²) in [5.41, 5.74) is -1.29. The van der Waals surface area contributed by atoms with Crippen LogP contribution in [0.5, 0.6) is 0 Å². The molecular weight excluding hydrogens is 476 g/mol. The average Bonchev–Trinajstić information content (AvgIpc) is 2.89. The summed E-state index contributed by atoms with van der Waals surface area (Å²) in [6.45, 7) is 1.52. The molecule has 1 amide bonds.